The lowest BCUT2D eigenvalue weighted by atomic mass is 9.91. The van der Waals surface area contributed by atoms with Gasteiger partial charge in [0.2, 0.25) is 5.56 Å². The SMILES string of the molecule is Cc1cnn(C2CCC(NC(=O)c3ccc(=O)[nH]c3C(C)C)CC2)c1. The number of hydrogen-bond acceptors (Lipinski definition) is 3. The third kappa shape index (κ3) is 4.00. The number of carbonyl (C=O) groups excluding carboxylic acids is 1. The molecule has 0 radical (unpaired) electrons. The molecular formula is C19H26N4O2. The maximum Gasteiger partial charge on any atom is 0.253 e. The minimum atomic E-state index is -0.171. The molecule has 2 aromatic heterocycles. The van der Waals surface area contributed by atoms with Crippen LogP contribution in [0.2, 0.25) is 0 Å². The number of aromatic nitrogens is 3. The molecule has 0 aliphatic heterocycles. The first kappa shape index (κ1) is 17.5. The Morgan fingerprint density at radius 3 is 2.60 bits per heavy atom. The summed E-state index contributed by atoms with van der Waals surface area (Å²) in [6.45, 7) is 5.99. The number of rotatable bonds is 4. The van der Waals surface area contributed by atoms with Gasteiger partial charge in [0.1, 0.15) is 0 Å². The second-order valence-corrected chi connectivity index (χ2v) is 7.28. The standard InChI is InChI=1S/C19H26N4O2/c1-12(2)18-16(8-9-17(24)22-18)19(25)21-14-4-6-15(7-5-14)23-11-13(3)10-20-23/h8-12,14-15H,4-7H2,1-3H3,(H,21,25)(H,22,24). The van der Waals surface area contributed by atoms with Crippen LogP contribution >= 0.6 is 0 Å². The summed E-state index contributed by atoms with van der Waals surface area (Å²) in [7, 11) is 0. The van der Waals surface area contributed by atoms with Crippen molar-refractivity contribution in [2.24, 2.45) is 0 Å². The first-order valence-corrected chi connectivity index (χ1v) is 8.99. The number of hydrogen-bond donors (Lipinski definition) is 2. The molecule has 0 aromatic carbocycles. The predicted molar refractivity (Wildman–Crippen MR) is 96.9 cm³/mol. The number of carbonyl (C=O) groups is 1. The molecular weight excluding hydrogens is 316 g/mol. The zero-order valence-electron chi connectivity index (χ0n) is 15.1. The molecule has 0 spiro atoms. The van der Waals surface area contributed by atoms with Crippen molar-refractivity contribution < 1.29 is 4.79 Å². The van der Waals surface area contributed by atoms with Crippen LogP contribution in [0.5, 0.6) is 0 Å². The topological polar surface area (TPSA) is 79.8 Å². The van der Waals surface area contributed by atoms with E-state index in [2.05, 4.69) is 21.6 Å². The first-order valence-electron chi connectivity index (χ1n) is 8.99. The minimum Gasteiger partial charge on any atom is -0.349 e. The van der Waals surface area contributed by atoms with E-state index in [1.54, 1.807) is 6.07 Å². The largest absolute Gasteiger partial charge is 0.349 e. The van der Waals surface area contributed by atoms with Gasteiger partial charge in [-0.2, -0.15) is 5.10 Å². The smallest absolute Gasteiger partial charge is 0.253 e. The molecule has 0 unspecified atom stereocenters. The molecule has 1 aliphatic carbocycles. The summed E-state index contributed by atoms with van der Waals surface area (Å²) in [6.07, 6.45) is 7.87. The summed E-state index contributed by atoms with van der Waals surface area (Å²) in [4.78, 5) is 27.0. The molecule has 6 heteroatoms. The van der Waals surface area contributed by atoms with Gasteiger partial charge in [-0.1, -0.05) is 13.8 Å². The zero-order chi connectivity index (χ0) is 18.0. The van der Waals surface area contributed by atoms with E-state index in [1.807, 2.05) is 31.6 Å². The van der Waals surface area contributed by atoms with Crippen LogP contribution in [-0.4, -0.2) is 26.7 Å². The van der Waals surface area contributed by atoms with Crippen LogP contribution < -0.4 is 10.9 Å². The molecule has 25 heavy (non-hydrogen) atoms. The van der Waals surface area contributed by atoms with Crippen molar-refractivity contribution >= 4 is 5.91 Å². The van der Waals surface area contributed by atoms with Gasteiger partial charge in [0.25, 0.3) is 5.91 Å². The summed E-state index contributed by atoms with van der Waals surface area (Å²) >= 11 is 0. The molecule has 1 aliphatic rings. The van der Waals surface area contributed by atoms with Gasteiger partial charge < -0.3 is 10.3 Å². The summed E-state index contributed by atoms with van der Waals surface area (Å²) < 4.78 is 2.05. The van der Waals surface area contributed by atoms with Gasteiger partial charge in [-0.3, -0.25) is 14.3 Å². The Morgan fingerprint density at radius 2 is 2.00 bits per heavy atom. The third-order valence-electron chi connectivity index (χ3n) is 4.91. The van der Waals surface area contributed by atoms with E-state index >= 15 is 0 Å². The van der Waals surface area contributed by atoms with E-state index < -0.39 is 0 Å². The van der Waals surface area contributed by atoms with E-state index in [4.69, 9.17) is 0 Å². The molecule has 3 rings (SSSR count). The van der Waals surface area contributed by atoms with Crippen LogP contribution in [0.1, 0.15) is 73.1 Å². The highest BCUT2D eigenvalue weighted by Crippen LogP contribution is 2.28. The summed E-state index contributed by atoms with van der Waals surface area (Å²) in [5.41, 5.74) is 2.27. The van der Waals surface area contributed by atoms with Crippen molar-refractivity contribution in [2.75, 3.05) is 0 Å². The quantitative estimate of drug-likeness (QED) is 0.896. The van der Waals surface area contributed by atoms with Crippen molar-refractivity contribution in [1.82, 2.24) is 20.1 Å². The molecule has 2 heterocycles. The first-order chi connectivity index (χ1) is 11.9. The normalized spacial score (nSPS) is 20.6. The van der Waals surface area contributed by atoms with Crippen molar-refractivity contribution in [2.45, 2.75) is 64.5 Å². The maximum absolute atomic E-state index is 12.7. The molecule has 0 atom stereocenters. The highest BCUT2D eigenvalue weighted by atomic mass is 16.2. The molecule has 0 saturated heterocycles. The van der Waals surface area contributed by atoms with E-state index in [-0.39, 0.29) is 23.4 Å². The van der Waals surface area contributed by atoms with Crippen molar-refractivity contribution in [3.05, 3.63) is 51.7 Å². The second kappa shape index (κ2) is 7.25. The van der Waals surface area contributed by atoms with Gasteiger partial charge >= 0.3 is 0 Å². The van der Waals surface area contributed by atoms with Gasteiger partial charge in [-0.15, -0.1) is 0 Å². The Hall–Kier alpha value is -2.37. The Kier molecular flexibility index (Phi) is 5.06. The molecule has 1 fully saturated rings. The fraction of sp³-hybridized carbons (Fsp3) is 0.526. The number of pyridine rings is 1. The molecule has 1 saturated carbocycles. The second-order valence-electron chi connectivity index (χ2n) is 7.28. The molecule has 1 amide bonds. The molecule has 6 nitrogen and oxygen atoms in total. The highest BCUT2D eigenvalue weighted by molar-refractivity contribution is 5.95. The average Bonchev–Trinajstić information content (AvgIpc) is 3.01. The fourth-order valence-electron chi connectivity index (χ4n) is 3.52. The van der Waals surface area contributed by atoms with Crippen LogP contribution in [0.4, 0.5) is 0 Å². The maximum atomic E-state index is 12.7. The number of aryl methyl sites for hydroxylation is 1. The van der Waals surface area contributed by atoms with E-state index in [9.17, 15) is 9.59 Å². The van der Waals surface area contributed by atoms with Crippen molar-refractivity contribution in [1.29, 1.82) is 0 Å². The van der Waals surface area contributed by atoms with Gasteiger partial charge in [0.15, 0.2) is 0 Å². The van der Waals surface area contributed by atoms with Gasteiger partial charge in [-0.05, 0) is 50.2 Å². The Morgan fingerprint density at radius 1 is 1.28 bits per heavy atom. The predicted octanol–water partition coefficient (Wildman–Crippen LogP) is 2.92. The number of amides is 1. The number of H-pyrrole nitrogens is 1. The monoisotopic (exact) mass is 342 g/mol. The Labute approximate surface area is 147 Å². The number of nitrogens with zero attached hydrogens (tertiary/aromatic N) is 2. The Balaban J connectivity index is 1.62. The lowest BCUT2D eigenvalue weighted by Gasteiger charge is -2.29. The summed E-state index contributed by atoms with van der Waals surface area (Å²) in [5.74, 6) is -0.00762. The van der Waals surface area contributed by atoms with E-state index in [0.717, 1.165) is 25.7 Å². The third-order valence-corrected chi connectivity index (χ3v) is 4.91. The van der Waals surface area contributed by atoms with Crippen LogP contribution in [0.25, 0.3) is 0 Å². The lowest BCUT2D eigenvalue weighted by Crippen LogP contribution is -2.38. The van der Waals surface area contributed by atoms with Crippen LogP contribution in [0, 0.1) is 6.92 Å². The summed E-state index contributed by atoms with van der Waals surface area (Å²) in [6, 6.07) is 3.63. The van der Waals surface area contributed by atoms with Crippen LogP contribution in [0.3, 0.4) is 0 Å². The lowest BCUT2D eigenvalue weighted by molar-refractivity contribution is 0.0920. The number of nitrogens with one attached hydrogen (secondary N) is 2. The van der Waals surface area contributed by atoms with E-state index in [1.165, 1.54) is 11.6 Å². The van der Waals surface area contributed by atoms with Gasteiger partial charge in [0.05, 0.1) is 17.8 Å². The fourth-order valence-corrected chi connectivity index (χ4v) is 3.52. The van der Waals surface area contributed by atoms with Gasteiger partial charge in [0, 0.05) is 24.0 Å². The molecule has 134 valence electrons. The zero-order valence-corrected chi connectivity index (χ0v) is 15.1. The van der Waals surface area contributed by atoms with Crippen molar-refractivity contribution in [3.63, 3.8) is 0 Å². The molecule has 2 aromatic rings. The minimum absolute atomic E-state index is 0.0911. The highest BCUT2D eigenvalue weighted by Gasteiger charge is 2.25. The van der Waals surface area contributed by atoms with Crippen molar-refractivity contribution in [3.8, 4) is 0 Å². The van der Waals surface area contributed by atoms with E-state index in [0.29, 0.717) is 17.3 Å². The number of aromatic amines is 1. The average molecular weight is 342 g/mol. The van der Waals surface area contributed by atoms with Crippen LogP contribution in [-0.2, 0) is 0 Å². The van der Waals surface area contributed by atoms with Gasteiger partial charge in [-0.25, -0.2) is 0 Å². The molecule has 2 N–H and O–H groups in total. The van der Waals surface area contributed by atoms with Crippen LogP contribution in [0.15, 0.2) is 29.3 Å². The molecule has 0 bridgehead atoms. The summed E-state index contributed by atoms with van der Waals surface area (Å²) in [5, 5.41) is 7.54. The Bertz CT molecular complexity index is 798.